The summed E-state index contributed by atoms with van der Waals surface area (Å²) in [5.41, 5.74) is 0.814. The van der Waals surface area contributed by atoms with Crippen LogP contribution in [0.5, 0.6) is 0 Å². The molecule has 0 aromatic rings. The van der Waals surface area contributed by atoms with Gasteiger partial charge in [0, 0.05) is 0 Å². The van der Waals surface area contributed by atoms with Gasteiger partial charge in [-0.2, -0.15) is 0 Å². The summed E-state index contributed by atoms with van der Waals surface area (Å²) in [6.07, 6.45) is 10.6. The Morgan fingerprint density at radius 1 is 0.905 bits per heavy atom. The van der Waals surface area contributed by atoms with Crippen LogP contribution in [0.3, 0.4) is 0 Å². The quantitative estimate of drug-likeness (QED) is 0.715. The van der Waals surface area contributed by atoms with Gasteiger partial charge in [-0.25, -0.2) is 0 Å². The fourth-order valence-corrected chi connectivity index (χ4v) is 7.10. The smallest absolute Gasteiger partial charge is 0.0596 e. The second-order valence-electron chi connectivity index (χ2n) is 9.10. The molecule has 0 aromatic carbocycles. The first-order valence-electron chi connectivity index (χ1n) is 9.44. The third-order valence-corrected chi connectivity index (χ3v) is 8.47. The summed E-state index contributed by atoms with van der Waals surface area (Å²) in [4.78, 5) is 0. The van der Waals surface area contributed by atoms with Gasteiger partial charge in [-0.3, -0.25) is 0 Å². The molecular formula is C19H33NO. The maximum absolute atomic E-state index is 10.5. The van der Waals surface area contributed by atoms with E-state index in [2.05, 4.69) is 19.2 Å². The van der Waals surface area contributed by atoms with Gasteiger partial charge in [0.25, 0.3) is 0 Å². The van der Waals surface area contributed by atoms with Crippen molar-refractivity contribution in [3.63, 3.8) is 0 Å². The summed E-state index contributed by atoms with van der Waals surface area (Å²) < 4.78 is 0. The highest BCUT2D eigenvalue weighted by Crippen LogP contribution is 2.64. The van der Waals surface area contributed by atoms with Crippen LogP contribution in [-0.4, -0.2) is 24.3 Å². The summed E-state index contributed by atoms with van der Waals surface area (Å²) in [5, 5.41) is 14.2. The molecule has 21 heavy (non-hydrogen) atoms. The SMILES string of the molecule is C[C@]12CCCNCC1CC[C@@H]1[C@@H]2CC[C@]2(C)C(O)CC[C@@H]12. The van der Waals surface area contributed by atoms with Gasteiger partial charge in [0.05, 0.1) is 6.10 Å². The zero-order chi connectivity index (χ0) is 14.7. The molecule has 4 aliphatic rings. The van der Waals surface area contributed by atoms with Gasteiger partial charge < -0.3 is 10.4 Å². The highest BCUT2D eigenvalue weighted by Gasteiger charge is 2.59. The molecule has 2 nitrogen and oxygen atoms in total. The normalized spacial score (nSPS) is 57.0. The second kappa shape index (κ2) is 4.96. The van der Waals surface area contributed by atoms with E-state index in [1.165, 1.54) is 58.0 Å². The molecule has 3 saturated carbocycles. The predicted molar refractivity (Wildman–Crippen MR) is 86.0 cm³/mol. The maximum Gasteiger partial charge on any atom is 0.0596 e. The van der Waals surface area contributed by atoms with Crippen LogP contribution in [0.25, 0.3) is 0 Å². The van der Waals surface area contributed by atoms with Crippen LogP contribution in [0.2, 0.25) is 0 Å². The maximum atomic E-state index is 10.5. The van der Waals surface area contributed by atoms with Gasteiger partial charge in [0.2, 0.25) is 0 Å². The lowest BCUT2D eigenvalue weighted by Crippen LogP contribution is -2.53. The number of hydrogen-bond acceptors (Lipinski definition) is 2. The van der Waals surface area contributed by atoms with Gasteiger partial charge in [-0.15, -0.1) is 0 Å². The molecule has 7 atom stereocenters. The zero-order valence-electron chi connectivity index (χ0n) is 13.9. The molecule has 120 valence electrons. The fraction of sp³-hybridized carbons (Fsp3) is 1.00. The number of rotatable bonds is 0. The number of aliphatic hydroxyl groups excluding tert-OH is 1. The van der Waals surface area contributed by atoms with E-state index >= 15 is 0 Å². The minimum absolute atomic E-state index is 0.0234. The van der Waals surface area contributed by atoms with Crippen molar-refractivity contribution in [3.05, 3.63) is 0 Å². The predicted octanol–water partition coefficient (Wildman–Crippen LogP) is 3.59. The minimum atomic E-state index is -0.0234. The first-order chi connectivity index (χ1) is 10.1. The Labute approximate surface area is 130 Å². The molecule has 1 aliphatic heterocycles. The number of aliphatic hydroxyl groups is 1. The third-order valence-electron chi connectivity index (χ3n) is 8.47. The molecule has 0 radical (unpaired) electrons. The summed E-state index contributed by atoms with van der Waals surface area (Å²) >= 11 is 0. The van der Waals surface area contributed by atoms with Crippen molar-refractivity contribution < 1.29 is 5.11 Å². The molecule has 3 aliphatic carbocycles. The molecule has 2 heteroatoms. The molecule has 0 amide bonds. The fourth-order valence-electron chi connectivity index (χ4n) is 7.10. The van der Waals surface area contributed by atoms with Crippen LogP contribution in [0.15, 0.2) is 0 Å². The molecule has 0 bridgehead atoms. The van der Waals surface area contributed by atoms with Gasteiger partial charge in [-0.05, 0) is 99.0 Å². The topological polar surface area (TPSA) is 32.3 Å². The van der Waals surface area contributed by atoms with Crippen LogP contribution in [0.1, 0.15) is 65.2 Å². The number of hydrogen-bond donors (Lipinski definition) is 2. The molecule has 1 heterocycles. The molecule has 1 saturated heterocycles. The Morgan fingerprint density at radius 3 is 2.57 bits per heavy atom. The van der Waals surface area contributed by atoms with Crippen molar-refractivity contribution in [3.8, 4) is 0 Å². The van der Waals surface area contributed by atoms with E-state index in [0.717, 1.165) is 30.1 Å². The van der Waals surface area contributed by atoms with Crippen molar-refractivity contribution in [2.75, 3.05) is 13.1 Å². The van der Waals surface area contributed by atoms with Crippen molar-refractivity contribution in [2.45, 2.75) is 71.3 Å². The average molecular weight is 291 g/mol. The lowest BCUT2D eigenvalue weighted by molar-refractivity contribution is -0.108. The van der Waals surface area contributed by atoms with E-state index in [-0.39, 0.29) is 11.5 Å². The number of nitrogens with one attached hydrogen (secondary N) is 1. The zero-order valence-corrected chi connectivity index (χ0v) is 13.9. The second-order valence-corrected chi connectivity index (χ2v) is 9.10. The van der Waals surface area contributed by atoms with E-state index in [1.54, 1.807) is 0 Å². The van der Waals surface area contributed by atoms with Crippen molar-refractivity contribution >= 4 is 0 Å². The lowest BCUT2D eigenvalue weighted by atomic mass is 9.47. The van der Waals surface area contributed by atoms with E-state index in [9.17, 15) is 5.11 Å². The Hall–Kier alpha value is -0.0800. The standard InChI is InChI=1S/C19H33NO/c1-18-9-3-11-20-12-13(18)4-5-14-15-6-7-17(21)19(15,2)10-8-16(14)18/h13-17,20-21H,3-12H2,1-2H3/t13?,14-,15-,16-,17?,18-,19-/m0/s1. The van der Waals surface area contributed by atoms with Crippen LogP contribution in [-0.2, 0) is 0 Å². The molecule has 4 fully saturated rings. The van der Waals surface area contributed by atoms with Gasteiger partial charge >= 0.3 is 0 Å². The van der Waals surface area contributed by atoms with E-state index in [4.69, 9.17) is 0 Å². The molecule has 4 rings (SSSR count). The average Bonchev–Trinajstić information content (AvgIpc) is 2.65. The van der Waals surface area contributed by atoms with Gasteiger partial charge in [-0.1, -0.05) is 13.8 Å². The van der Waals surface area contributed by atoms with Crippen LogP contribution in [0.4, 0.5) is 0 Å². The van der Waals surface area contributed by atoms with Gasteiger partial charge in [0.15, 0.2) is 0 Å². The summed E-state index contributed by atoms with van der Waals surface area (Å²) in [6, 6.07) is 0. The first-order valence-corrected chi connectivity index (χ1v) is 9.44. The lowest BCUT2D eigenvalue weighted by Gasteiger charge is -2.58. The Morgan fingerprint density at radius 2 is 1.71 bits per heavy atom. The minimum Gasteiger partial charge on any atom is -0.393 e. The molecule has 2 unspecified atom stereocenters. The van der Waals surface area contributed by atoms with Crippen LogP contribution >= 0.6 is 0 Å². The Balaban J connectivity index is 1.64. The summed E-state index contributed by atoms with van der Waals surface area (Å²) in [7, 11) is 0. The summed E-state index contributed by atoms with van der Waals surface area (Å²) in [6.45, 7) is 7.50. The van der Waals surface area contributed by atoms with Crippen LogP contribution < -0.4 is 5.32 Å². The Kier molecular flexibility index (Phi) is 3.43. The van der Waals surface area contributed by atoms with Crippen molar-refractivity contribution in [2.24, 2.45) is 34.5 Å². The molecular weight excluding hydrogens is 258 g/mol. The molecule has 0 aromatic heterocycles. The number of fused-ring (bicyclic) bond motifs is 5. The summed E-state index contributed by atoms with van der Waals surface area (Å²) in [5.74, 6) is 3.54. The van der Waals surface area contributed by atoms with Crippen molar-refractivity contribution in [1.82, 2.24) is 5.32 Å². The van der Waals surface area contributed by atoms with Gasteiger partial charge in [0.1, 0.15) is 0 Å². The van der Waals surface area contributed by atoms with E-state index in [0.29, 0.717) is 5.41 Å². The Bertz CT molecular complexity index is 410. The largest absolute Gasteiger partial charge is 0.393 e. The highest BCUT2D eigenvalue weighted by atomic mass is 16.3. The monoisotopic (exact) mass is 291 g/mol. The van der Waals surface area contributed by atoms with Crippen LogP contribution in [0, 0.1) is 34.5 Å². The van der Waals surface area contributed by atoms with E-state index in [1.807, 2.05) is 0 Å². The van der Waals surface area contributed by atoms with E-state index < -0.39 is 0 Å². The highest BCUT2D eigenvalue weighted by molar-refractivity contribution is 5.08. The third kappa shape index (κ3) is 1.97. The van der Waals surface area contributed by atoms with Crippen molar-refractivity contribution in [1.29, 1.82) is 0 Å². The molecule has 2 N–H and O–H groups in total. The molecule has 0 spiro atoms. The first kappa shape index (κ1) is 14.5.